The summed E-state index contributed by atoms with van der Waals surface area (Å²) in [7, 11) is 0. The number of nitrogens with one attached hydrogen (secondary N) is 1. The van der Waals surface area contributed by atoms with Crippen molar-refractivity contribution < 1.29 is 30.0 Å². The Hall–Kier alpha value is -1.02. The summed E-state index contributed by atoms with van der Waals surface area (Å²) >= 11 is 0. The summed E-state index contributed by atoms with van der Waals surface area (Å²) in [5, 5.41) is 39.7. The summed E-state index contributed by atoms with van der Waals surface area (Å²) in [5.74, 6) is -0.384. The average Bonchev–Trinajstić information content (AvgIpc) is 2.62. The van der Waals surface area contributed by atoms with Crippen molar-refractivity contribution in [3.8, 4) is 0 Å². The minimum Gasteiger partial charge on any atom is -0.394 e. The predicted octanol–water partition coefficient (Wildman–Crippen LogP) is 0.666. The molecule has 4 atom stereocenters. The molecule has 0 saturated heterocycles. The molecule has 7 nitrogen and oxygen atoms in total. The second-order valence-electron chi connectivity index (χ2n) is 6.54. The zero-order valence-corrected chi connectivity index (χ0v) is 15.3. The first-order valence-corrected chi connectivity index (χ1v) is 9.37. The number of hydrogen-bond donors (Lipinski definition) is 5. The van der Waals surface area contributed by atoms with Gasteiger partial charge in [0.2, 0.25) is 5.91 Å². The van der Waals surface area contributed by atoms with Crippen molar-refractivity contribution in [3.05, 3.63) is 0 Å². The Morgan fingerprint density at radius 3 is 1.92 bits per heavy atom. The molecule has 148 valence electrons. The number of hydrogen-bond acceptors (Lipinski definition) is 6. The summed E-state index contributed by atoms with van der Waals surface area (Å²) in [5.41, 5.74) is 0. The molecule has 0 aliphatic carbocycles. The largest absolute Gasteiger partial charge is 0.394 e. The number of aldehydes is 1. The molecule has 0 rings (SSSR count). The third-order valence-electron chi connectivity index (χ3n) is 4.28. The van der Waals surface area contributed by atoms with Crippen molar-refractivity contribution in [1.29, 1.82) is 0 Å². The van der Waals surface area contributed by atoms with Gasteiger partial charge >= 0.3 is 0 Å². The Balaban J connectivity index is 3.89. The highest BCUT2D eigenvalue weighted by Crippen LogP contribution is 2.11. The quantitative estimate of drug-likeness (QED) is 0.203. The van der Waals surface area contributed by atoms with E-state index in [9.17, 15) is 24.9 Å². The molecule has 25 heavy (non-hydrogen) atoms. The topological polar surface area (TPSA) is 127 Å². The molecule has 0 fully saturated rings. The number of carbonyl (C=O) groups excluding carboxylic acids is 2. The maximum absolute atomic E-state index is 11.8. The molecule has 0 heterocycles. The van der Waals surface area contributed by atoms with Crippen molar-refractivity contribution in [2.24, 2.45) is 0 Å². The van der Waals surface area contributed by atoms with Gasteiger partial charge in [-0.25, -0.2) is 0 Å². The summed E-state index contributed by atoms with van der Waals surface area (Å²) < 4.78 is 0. The molecule has 0 bridgehead atoms. The molecule has 5 N–H and O–H groups in total. The smallest absolute Gasteiger partial charge is 0.220 e. The van der Waals surface area contributed by atoms with Crippen molar-refractivity contribution >= 4 is 12.2 Å². The van der Waals surface area contributed by atoms with Gasteiger partial charge < -0.3 is 30.5 Å². The van der Waals surface area contributed by atoms with Crippen LogP contribution < -0.4 is 5.32 Å². The molecule has 0 radical (unpaired) electrons. The minimum atomic E-state index is -1.71. The van der Waals surface area contributed by atoms with Crippen LogP contribution in [0.3, 0.4) is 0 Å². The van der Waals surface area contributed by atoms with Crippen LogP contribution in [0.4, 0.5) is 0 Å². The lowest BCUT2D eigenvalue weighted by Gasteiger charge is -2.26. The lowest BCUT2D eigenvalue weighted by atomic mass is 10.0. The molecule has 1 amide bonds. The van der Waals surface area contributed by atoms with E-state index in [2.05, 4.69) is 12.2 Å². The van der Waals surface area contributed by atoms with E-state index < -0.39 is 31.0 Å². The summed E-state index contributed by atoms with van der Waals surface area (Å²) in [6, 6.07) is -1.32. The standard InChI is InChI=1S/C18H35NO6/c1-2-3-4-5-6-7-8-9-10-11-16(23)19-14(12-20)17(24)18(25)15(22)13-21/h12,14-15,17-18,21-22,24-25H,2-11,13H2,1H3,(H,19,23)/t14-,15+,17+,18+/m0/s1. The lowest BCUT2D eigenvalue weighted by molar-refractivity contribution is -0.131. The van der Waals surface area contributed by atoms with E-state index in [0.717, 1.165) is 19.3 Å². The normalized spacial score (nSPS) is 16.0. The van der Waals surface area contributed by atoms with Crippen LogP contribution in [0.5, 0.6) is 0 Å². The molecule has 0 saturated carbocycles. The van der Waals surface area contributed by atoms with Crippen LogP contribution in [0.1, 0.15) is 71.1 Å². The predicted molar refractivity (Wildman–Crippen MR) is 94.9 cm³/mol. The molecule has 0 aromatic carbocycles. The van der Waals surface area contributed by atoms with E-state index >= 15 is 0 Å². The Morgan fingerprint density at radius 2 is 1.44 bits per heavy atom. The summed E-state index contributed by atoms with van der Waals surface area (Å²) in [6.07, 6.45) is 5.73. The minimum absolute atomic E-state index is 0.242. The molecule has 0 aliphatic rings. The van der Waals surface area contributed by atoms with E-state index in [1.165, 1.54) is 32.1 Å². The van der Waals surface area contributed by atoms with Gasteiger partial charge in [0, 0.05) is 6.42 Å². The molecule has 7 heteroatoms. The second-order valence-corrected chi connectivity index (χ2v) is 6.54. The Morgan fingerprint density at radius 1 is 0.920 bits per heavy atom. The molecule has 0 spiro atoms. The van der Waals surface area contributed by atoms with Crippen molar-refractivity contribution in [2.45, 2.75) is 95.5 Å². The fraction of sp³-hybridized carbons (Fsp3) is 0.889. The van der Waals surface area contributed by atoms with E-state index in [4.69, 9.17) is 5.11 Å². The van der Waals surface area contributed by atoms with Crippen LogP contribution in [0, 0.1) is 0 Å². The summed E-state index contributed by atoms with van der Waals surface area (Å²) in [6.45, 7) is 1.44. The highest BCUT2D eigenvalue weighted by atomic mass is 16.4. The lowest BCUT2D eigenvalue weighted by Crippen LogP contribution is -2.53. The van der Waals surface area contributed by atoms with Crippen molar-refractivity contribution in [2.75, 3.05) is 6.61 Å². The van der Waals surface area contributed by atoms with Crippen LogP contribution in [0.2, 0.25) is 0 Å². The van der Waals surface area contributed by atoms with Gasteiger partial charge in [-0.3, -0.25) is 4.79 Å². The zero-order chi connectivity index (χ0) is 19.1. The first kappa shape index (κ1) is 24.0. The van der Waals surface area contributed by atoms with E-state index in [-0.39, 0.29) is 12.3 Å². The molecule has 0 aliphatic heterocycles. The van der Waals surface area contributed by atoms with E-state index in [1.54, 1.807) is 0 Å². The van der Waals surface area contributed by atoms with Gasteiger partial charge in [0.25, 0.3) is 0 Å². The van der Waals surface area contributed by atoms with Crippen molar-refractivity contribution in [1.82, 2.24) is 5.32 Å². The number of carbonyl (C=O) groups is 2. The molecule has 0 unspecified atom stereocenters. The fourth-order valence-corrected chi connectivity index (χ4v) is 2.60. The van der Waals surface area contributed by atoms with Crippen LogP contribution in [0.15, 0.2) is 0 Å². The molecular formula is C18H35NO6. The zero-order valence-electron chi connectivity index (χ0n) is 15.3. The highest BCUT2D eigenvalue weighted by molar-refractivity contribution is 5.79. The van der Waals surface area contributed by atoms with Crippen molar-refractivity contribution in [3.63, 3.8) is 0 Å². The van der Waals surface area contributed by atoms with Gasteiger partial charge in [-0.1, -0.05) is 58.3 Å². The molecule has 0 aromatic rings. The van der Waals surface area contributed by atoms with Crippen LogP contribution in [0.25, 0.3) is 0 Å². The highest BCUT2D eigenvalue weighted by Gasteiger charge is 2.31. The monoisotopic (exact) mass is 361 g/mol. The summed E-state index contributed by atoms with van der Waals surface area (Å²) in [4.78, 5) is 22.8. The van der Waals surface area contributed by atoms with Gasteiger partial charge in [-0.2, -0.15) is 0 Å². The van der Waals surface area contributed by atoms with Gasteiger partial charge in [-0.15, -0.1) is 0 Å². The van der Waals surface area contributed by atoms with E-state index in [0.29, 0.717) is 12.7 Å². The number of aliphatic hydroxyl groups excluding tert-OH is 4. The third-order valence-corrected chi connectivity index (χ3v) is 4.28. The Bertz CT molecular complexity index is 352. The van der Waals surface area contributed by atoms with Crippen LogP contribution in [-0.2, 0) is 9.59 Å². The number of unbranched alkanes of at least 4 members (excludes halogenated alkanes) is 8. The second kappa shape index (κ2) is 15.3. The van der Waals surface area contributed by atoms with Crippen LogP contribution >= 0.6 is 0 Å². The number of aliphatic hydroxyl groups is 4. The molecule has 0 aromatic heterocycles. The Labute approximate surface area is 150 Å². The first-order chi connectivity index (χ1) is 12.0. The van der Waals surface area contributed by atoms with Gasteiger partial charge in [0.1, 0.15) is 30.6 Å². The third kappa shape index (κ3) is 11.3. The Kier molecular flexibility index (Phi) is 14.6. The van der Waals surface area contributed by atoms with Crippen LogP contribution in [-0.4, -0.2) is 63.6 Å². The van der Waals surface area contributed by atoms with Gasteiger partial charge in [0.15, 0.2) is 0 Å². The maximum Gasteiger partial charge on any atom is 0.220 e. The maximum atomic E-state index is 11.8. The number of amides is 1. The SMILES string of the molecule is CCCCCCCCCCCC(=O)N[C@@H](C=O)[C@@H](O)[C@H](O)[C@H](O)CO. The first-order valence-electron chi connectivity index (χ1n) is 9.37. The van der Waals surface area contributed by atoms with E-state index in [1.807, 2.05) is 0 Å². The van der Waals surface area contributed by atoms with Gasteiger partial charge in [0.05, 0.1) is 6.61 Å². The fourth-order valence-electron chi connectivity index (χ4n) is 2.60. The average molecular weight is 361 g/mol. The van der Waals surface area contributed by atoms with Gasteiger partial charge in [-0.05, 0) is 6.42 Å². The molecular weight excluding hydrogens is 326 g/mol. The number of rotatable bonds is 16.